The van der Waals surface area contributed by atoms with E-state index < -0.39 is 118 Å². The highest BCUT2D eigenvalue weighted by atomic mass is 16.7. The van der Waals surface area contributed by atoms with E-state index in [-0.39, 0.29) is 99.1 Å². The first kappa shape index (κ1) is 64.1. The number of amides is 1. The SMILES string of the molecule is CC[C@H]1OC(=O)C(C)[C@@H](O[C@@H]2C[C@](C)(OC)[C@H](O)C(C)O2)[C@H](C)[C@@H](O[C@@H]2O[C@H](C)CC(N(C)C)[C@H]2O)[C@](C)(O)C[C@@H](C)CN(CCCNC(=O)[C@@]2(O)CCC3C4CC=C5CC(=O)CC[C@]5(C)C4C(=O)C[C@@]32C)[C@H](C)[C@@H](O)[C@]1(C)O. The molecule has 1 amide bonds. The van der Waals surface area contributed by atoms with E-state index in [0.29, 0.717) is 44.9 Å². The van der Waals surface area contributed by atoms with Crippen LogP contribution in [-0.2, 0) is 47.6 Å². The highest BCUT2D eigenvalue weighted by Crippen LogP contribution is 2.66. The third kappa shape index (κ3) is 12.2. The predicted molar refractivity (Wildman–Crippen MR) is 293 cm³/mol. The van der Waals surface area contributed by atoms with Crippen LogP contribution in [0.1, 0.15) is 160 Å². The highest BCUT2D eigenvalue weighted by Gasteiger charge is 2.68. The average Bonchev–Trinajstić information content (AvgIpc) is 3.96. The molecule has 7 aliphatic rings. The van der Waals surface area contributed by atoms with Gasteiger partial charge in [-0.2, -0.15) is 0 Å². The molecule has 24 atom stereocenters. The summed E-state index contributed by atoms with van der Waals surface area (Å²) in [5.41, 5.74) is -6.91. The number of aliphatic hydroxyl groups is 6. The van der Waals surface area contributed by atoms with Crippen LogP contribution in [0.15, 0.2) is 11.6 Å². The summed E-state index contributed by atoms with van der Waals surface area (Å²) < 4.78 is 38.3. The highest BCUT2D eigenvalue weighted by molar-refractivity contribution is 5.91. The van der Waals surface area contributed by atoms with E-state index in [2.05, 4.69) is 18.3 Å². The Labute approximate surface area is 470 Å². The Hall–Kier alpha value is -2.50. The molecule has 7 rings (SSSR count). The Kier molecular flexibility index (Phi) is 19.7. The molecule has 0 aromatic carbocycles. The predicted octanol–water partition coefficient (Wildman–Crippen LogP) is 4.22. The second kappa shape index (κ2) is 24.2. The minimum atomic E-state index is -1.99. The van der Waals surface area contributed by atoms with Crippen LogP contribution in [0.25, 0.3) is 0 Å². The Morgan fingerprint density at radius 2 is 1.61 bits per heavy atom. The molecule has 4 aliphatic carbocycles. The number of carbonyl (C=O) groups excluding carboxylic acids is 4. The summed E-state index contributed by atoms with van der Waals surface area (Å²) in [5.74, 6) is -3.69. The summed E-state index contributed by atoms with van der Waals surface area (Å²) in [6.07, 6.45) is -4.05. The van der Waals surface area contributed by atoms with Crippen molar-refractivity contribution in [3.63, 3.8) is 0 Å². The fraction of sp³-hybridized carbons (Fsp3) is 0.900. The number of ether oxygens (including phenoxy) is 6. The van der Waals surface area contributed by atoms with Crippen molar-refractivity contribution in [3.05, 3.63) is 11.6 Å². The number of nitrogens with one attached hydrogen (secondary N) is 1. The van der Waals surface area contributed by atoms with Crippen molar-refractivity contribution in [1.29, 1.82) is 0 Å². The number of allylic oxidation sites excluding steroid dienone is 2. The molecule has 0 aromatic rings. The van der Waals surface area contributed by atoms with Gasteiger partial charge in [-0.05, 0) is 137 Å². The lowest BCUT2D eigenvalue weighted by molar-refractivity contribution is -0.318. The number of ketones is 2. The third-order valence-electron chi connectivity index (χ3n) is 21.1. The number of fused-ring (bicyclic) bond motifs is 5. The number of nitrogens with zero attached hydrogens (tertiary/aromatic N) is 2. The summed E-state index contributed by atoms with van der Waals surface area (Å²) in [5, 5.41) is 76.2. The maximum Gasteiger partial charge on any atom is 0.311 e. The van der Waals surface area contributed by atoms with E-state index in [1.807, 2.05) is 44.7 Å². The second-order valence-corrected chi connectivity index (χ2v) is 27.1. The number of hydrogen-bond acceptors (Lipinski definition) is 18. The minimum absolute atomic E-state index is 0.0379. The molecular formula is C60H101N3O16. The zero-order valence-electron chi connectivity index (χ0n) is 50.2. The van der Waals surface area contributed by atoms with Crippen molar-refractivity contribution in [1.82, 2.24) is 15.1 Å². The van der Waals surface area contributed by atoms with Gasteiger partial charge in [0.25, 0.3) is 5.91 Å². The van der Waals surface area contributed by atoms with E-state index >= 15 is 0 Å². The van der Waals surface area contributed by atoms with Gasteiger partial charge in [0.2, 0.25) is 0 Å². The fourth-order valence-electron chi connectivity index (χ4n) is 16.2. The van der Waals surface area contributed by atoms with E-state index in [1.54, 1.807) is 48.5 Å². The first-order valence-corrected chi connectivity index (χ1v) is 29.7. The molecule has 452 valence electrons. The molecule has 3 saturated carbocycles. The van der Waals surface area contributed by atoms with Gasteiger partial charge < -0.3 is 69.3 Å². The molecule has 19 nitrogen and oxygen atoms in total. The number of rotatable bonds is 12. The zero-order chi connectivity index (χ0) is 58.7. The van der Waals surface area contributed by atoms with Gasteiger partial charge in [-0.15, -0.1) is 0 Å². The normalized spacial score (nSPS) is 48.7. The summed E-state index contributed by atoms with van der Waals surface area (Å²) in [6, 6.07) is -1.12. The van der Waals surface area contributed by atoms with Crippen LogP contribution in [0.2, 0.25) is 0 Å². The Bertz CT molecular complexity index is 2210. The van der Waals surface area contributed by atoms with Crippen LogP contribution in [0.3, 0.4) is 0 Å². The molecule has 3 saturated heterocycles. The summed E-state index contributed by atoms with van der Waals surface area (Å²) in [4.78, 5) is 59.8. The lowest BCUT2D eigenvalue weighted by Gasteiger charge is -2.57. The number of Topliss-reactive ketones (excluding diaryl/α,β-unsaturated/α-hetero) is 2. The van der Waals surface area contributed by atoms with Gasteiger partial charge in [-0.1, -0.05) is 46.3 Å². The molecule has 19 heteroatoms. The molecule has 79 heavy (non-hydrogen) atoms. The average molecular weight is 1120 g/mol. The van der Waals surface area contributed by atoms with Crippen molar-refractivity contribution in [3.8, 4) is 0 Å². The fourth-order valence-corrected chi connectivity index (χ4v) is 16.2. The molecular weight excluding hydrogens is 1020 g/mol. The van der Waals surface area contributed by atoms with Crippen molar-refractivity contribution in [2.24, 2.45) is 46.3 Å². The van der Waals surface area contributed by atoms with E-state index in [9.17, 15) is 49.8 Å². The monoisotopic (exact) mass is 1120 g/mol. The molecule has 6 fully saturated rings. The Morgan fingerprint density at radius 1 is 0.924 bits per heavy atom. The van der Waals surface area contributed by atoms with E-state index in [1.165, 1.54) is 14.0 Å². The summed E-state index contributed by atoms with van der Waals surface area (Å²) in [7, 11) is 5.23. The molecule has 0 bridgehead atoms. The van der Waals surface area contributed by atoms with Crippen LogP contribution < -0.4 is 5.32 Å². The van der Waals surface area contributed by atoms with Crippen LogP contribution in [0.4, 0.5) is 0 Å². The molecule has 3 heterocycles. The maximum absolute atomic E-state index is 14.7. The van der Waals surface area contributed by atoms with Gasteiger partial charge in [-0.3, -0.25) is 24.1 Å². The molecule has 0 radical (unpaired) electrons. The number of aliphatic hydroxyl groups excluding tert-OH is 3. The van der Waals surface area contributed by atoms with Crippen molar-refractivity contribution in [2.45, 2.75) is 256 Å². The number of methoxy groups -OCH3 is 1. The zero-order valence-corrected chi connectivity index (χ0v) is 50.2. The summed E-state index contributed by atoms with van der Waals surface area (Å²) >= 11 is 0. The van der Waals surface area contributed by atoms with Crippen molar-refractivity contribution < 1.29 is 78.2 Å². The number of hydrogen-bond donors (Lipinski definition) is 7. The number of carbonyl (C=O) groups is 4. The van der Waals surface area contributed by atoms with Gasteiger partial charge in [-0.25, -0.2) is 0 Å². The molecule has 0 aromatic heterocycles. The second-order valence-electron chi connectivity index (χ2n) is 27.1. The maximum atomic E-state index is 14.7. The smallest absolute Gasteiger partial charge is 0.311 e. The molecule has 6 unspecified atom stereocenters. The number of esters is 1. The lowest BCUT2D eigenvalue weighted by atomic mass is 9.46. The van der Waals surface area contributed by atoms with E-state index in [0.717, 1.165) is 5.57 Å². The third-order valence-corrected chi connectivity index (χ3v) is 21.1. The van der Waals surface area contributed by atoms with Crippen LogP contribution >= 0.6 is 0 Å². The van der Waals surface area contributed by atoms with Gasteiger partial charge in [0.15, 0.2) is 12.6 Å². The van der Waals surface area contributed by atoms with Crippen LogP contribution in [0.5, 0.6) is 0 Å². The van der Waals surface area contributed by atoms with Gasteiger partial charge in [0.1, 0.15) is 47.2 Å². The van der Waals surface area contributed by atoms with Gasteiger partial charge >= 0.3 is 5.97 Å². The van der Waals surface area contributed by atoms with Gasteiger partial charge in [0.05, 0.1) is 41.5 Å². The van der Waals surface area contributed by atoms with Crippen LogP contribution in [0, 0.1) is 46.3 Å². The topological polar surface area (TPSA) is 264 Å². The van der Waals surface area contributed by atoms with Crippen molar-refractivity contribution >= 4 is 23.4 Å². The minimum Gasteiger partial charge on any atom is -0.459 e. The molecule has 3 aliphatic heterocycles. The number of cyclic esters (lactones) is 1. The standard InChI is InChI=1S/C60H101N3O16/c1-16-44-59(12,72)49(67)36(6)63(25-17-24-61-54(70)60(73)23-21-41-40-19-18-38-27-39(64)20-22-55(38,8)46(40)43(65)29-56(41,60)9)31-32(2)28-57(10,71)51(79-53-47(66)42(62(13)14)26-33(3)75-53)34(4)48(35(5)52(69)77-44)78-45-30-58(11,74-15)50(68)37(7)76-45/h18,32-37,40-42,44-51,53,66-68,71-73H,16-17,19-31H2,1-15H3,(H,61,70)/t32-,33-,34+,35?,36-,37?,40?,41?,42?,44-,45-,46?,47-,48+,49-,50-,51-,53+,55+,56+,57-,58+,59-,60+/m1/s1. The molecule has 7 N–H and O–H groups in total. The quantitative estimate of drug-likeness (QED) is 0.0820. The lowest BCUT2D eigenvalue weighted by Crippen LogP contribution is -2.62. The number of likely N-dealkylation sites (N-methyl/N-ethyl adjacent to an activating group) is 1. The Balaban J connectivity index is 1.15. The first-order chi connectivity index (χ1) is 36.7. The largest absolute Gasteiger partial charge is 0.459 e. The van der Waals surface area contributed by atoms with Gasteiger partial charge in [0, 0.05) is 81.8 Å². The van der Waals surface area contributed by atoms with Crippen molar-refractivity contribution in [2.75, 3.05) is 40.8 Å². The first-order valence-electron chi connectivity index (χ1n) is 29.7. The van der Waals surface area contributed by atoms with Crippen LogP contribution in [-0.4, -0.2) is 201 Å². The Morgan fingerprint density at radius 3 is 2.25 bits per heavy atom. The molecule has 0 spiro atoms. The summed E-state index contributed by atoms with van der Waals surface area (Å²) in [6.45, 7) is 22.1. The van der Waals surface area contributed by atoms with E-state index in [4.69, 9.17) is 28.4 Å².